The van der Waals surface area contributed by atoms with E-state index in [4.69, 9.17) is 9.15 Å². The Morgan fingerprint density at radius 1 is 1.26 bits per heavy atom. The predicted octanol–water partition coefficient (Wildman–Crippen LogP) is 5.13. The second-order valence-corrected chi connectivity index (χ2v) is 9.40. The highest BCUT2D eigenvalue weighted by Crippen LogP contribution is 2.33. The Hall–Kier alpha value is -3.11. The van der Waals surface area contributed by atoms with E-state index in [0.717, 1.165) is 17.4 Å². The second-order valence-electron chi connectivity index (χ2n) is 8.55. The summed E-state index contributed by atoms with van der Waals surface area (Å²) < 4.78 is 26.3. The molecule has 10 heteroatoms. The van der Waals surface area contributed by atoms with Crippen molar-refractivity contribution >= 4 is 27.5 Å². The number of oxazole rings is 1. The number of aliphatic hydroxyl groups is 1. The van der Waals surface area contributed by atoms with Crippen molar-refractivity contribution in [1.29, 1.82) is 0 Å². The van der Waals surface area contributed by atoms with Crippen molar-refractivity contribution in [2.75, 3.05) is 4.90 Å². The first-order valence-electron chi connectivity index (χ1n) is 10.7. The molecule has 178 valence electrons. The lowest BCUT2D eigenvalue weighted by Gasteiger charge is -2.31. The largest absolute Gasteiger partial charge is 0.470 e. The van der Waals surface area contributed by atoms with E-state index in [2.05, 4.69) is 35.9 Å². The number of halogens is 2. The third kappa shape index (κ3) is 5.02. The third-order valence-corrected chi connectivity index (χ3v) is 5.78. The van der Waals surface area contributed by atoms with E-state index in [0.29, 0.717) is 27.5 Å². The molecule has 1 aromatic carbocycles. The number of aliphatic imine (C=N–C) groups is 1. The zero-order chi connectivity index (χ0) is 24.6. The third-order valence-electron chi connectivity index (χ3n) is 5.24. The van der Waals surface area contributed by atoms with Crippen LogP contribution >= 0.6 is 15.9 Å². The van der Waals surface area contributed by atoms with Gasteiger partial charge in [0.25, 0.3) is 0 Å². The van der Waals surface area contributed by atoms with Crippen LogP contribution in [0.15, 0.2) is 50.8 Å². The van der Waals surface area contributed by atoms with Crippen LogP contribution in [0.5, 0.6) is 0 Å². The maximum absolute atomic E-state index is 14.6. The highest BCUT2D eigenvalue weighted by atomic mass is 79.9. The van der Waals surface area contributed by atoms with Gasteiger partial charge in [-0.05, 0) is 55.3 Å². The summed E-state index contributed by atoms with van der Waals surface area (Å²) in [4.78, 5) is 19.1. The molecule has 0 aliphatic carbocycles. The summed E-state index contributed by atoms with van der Waals surface area (Å²) in [6.45, 7) is 9.02. The van der Waals surface area contributed by atoms with Crippen LogP contribution in [0.2, 0.25) is 0 Å². The summed E-state index contributed by atoms with van der Waals surface area (Å²) in [6.07, 6.45) is 4.23. The van der Waals surface area contributed by atoms with Crippen LogP contribution < -0.4 is 4.90 Å². The van der Waals surface area contributed by atoms with Crippen LogP contribution in [-0.4, -0.2) is 32.1 Å². The van der Waals surface area contributed by atoms with Gasteiger partial charge in [-0.15, -0.1) is 0 Å². The number of benzene rings is 1. The molecule has 3 aromatic rings. The number of ether oxygens (including phenoxy) is 1. The van der Waals surface area contributed by atoms with E-state index in [1.807, 2.05) is 37.1 Å². The normalized spacial score (nSPS) is 16.4. The van der Waals surface area contributed by atoms with Crippen LogP contribution in [0.1, 0.15) is 43.7 Å². The van der Waals surface area contributed by atoms with Gasteiger partial charge in [-0.1, -0.05) is 12.1 Å². The summed E-state index contributed by atoms with van der Waals surface area (Å²) in [6, 6.07) is 5.54. The highest BCUT2D eigenvalue weighted by molar-refractivity contribution is 9.12. The highest BCUT2D eigenvalue weighted by Gasteiger charge is 2.25. The van der Waals surface area contributed by atoms with Gasteiger partial charge in [-0.2, -0.15) is 0 Å². The Balaban J connectivity index is 1.62. The van der Waals surface area contributed by atoms with Crippen LogP contribution in [0.3, 0.4) is 0 Å². The number of rotatable bonds is 5. The zero-order valence-electron chi connectivity index (χ0n) is 19.5. The molecule has 0 fully saturated rings. The van der Waals surface area contributed by atoms with Crippen molar-refractivity contribution < 1.29 is 18.7 Å². The van der Waals surface area contributed by atoms with E-state index in [9.17, 15) is 9.50 Å². The first kappa shape index (κ1) is 24.0. The maximum atomic E-state index is 14.6. The Kier molecular flexibility index (Phi) is 6.55. The zero-order valence-corrected chi connectivity index (χ0v) is 21.1. The molecule has 3 heterocycles. The summed E-state index contributed by atoms with van der Waals surface area (Å²) in [5.41, 5.74) is 1.88. The molecule has 0 saturated heterocycles. The Morgan fingerprint density at radius 3 is 2.71 bits per heavy atom. The van der Waals surface area contributed by atoms with Crippen molar-refractivity contribution in [3.05, 3.63) is 70.1 Å². The average Bonchev–Trinajstić information content (AvgIpc) is 3.19. The smallest absolute Gasteiger partial charge is 0.227 e. The Labute approximate surface area is 205 Å². The summed E-state index contributed by atoms with van der Waals surface area (Å²) in [5.74, 6) is 0.607. The molecule has 0 spiro atoms. The number of anilines is 1. The van der Waals surface area contributed by atoms with Crippen LogP contribution in [-0.2, 0) is 16.9 Å². The molecule has 8 nitrogen and oxygen atoms in total. The second kappa shape index (κ2) is 9.27. The molecule has 0 bridgehead atoms. The lowest BCUT2D eigenvalue weighted by Crippen LogP contribution is -2.32. The average molecular weight is 530 g/mol. The van der Waals surface area contributed by atoms with Gasteiger partial charge in [0, 0.05) is 24.4 Å². The van der Waals surface area contributed by atoms with Gasteiger partial charge in [0.2, 0.25) is 5.90 Å². The fourth-order valence-corrected chi connectivity index (χ4v) is 3.91. The topological polar surface area (TPSA) is 96.9 Å². The van der Waals surface area contributed by atoms with E-state index in [-0.39, 0.29) is 24.3 Å². The van der Waals surface area contributed by atoms with Gasteiger partial charge in [0.1, 0.15) is 36.0 Å². The summed E-state index contributed by atoms with van der Waals surface area (Å²) >= 11 is 3.54. The summed E-state index contributed by atoms with van der Waals surface area (Å²) in [5, 5.41) is 10.3. The van der Waals surface area contributed by atoms with E-state index in [1.54, 1.807) is 33.1 Å². The quantitative estimate of drug-likeness (QED) is 0.489. The van der Waals surface area contributed by atoms with Gasteiger partial charge in [-0.25, -0.2) is 24.3 Å². The van der Waals surface area contributed by atoms with Crippen molar-refractivity contribution in [2.24, 2.45) is 4.99 Å². The van der Waals surface area contributed by atoms with Crippen molar-refractivity contribution in [1.82, 2.24) is 15.0 Å². The molecule has 2 aromatic heterocycles. The van der Waals surface area contributed by atoms with Crippen LogP contribution in [0.4, 0.5) is 10.1 Å². The molecule has 34 heavy (non-hydrogen) atoms. The van der Waals surface area contributed by atoms with E-state index in [1.165, 1.54) is 0 Å². The van der Waals surface area contributed by atoms with Crippen molar-refractivity contribution in [3.63, 3.8) is 0 Å². The Bertz CT molecular complexity index is 1280. The van der Waals surface area contributed by atoms with Crippen LogP contribution in [0, 0.1) is 19.7 Å². The SMILES string of the molecule is Cc1nc(COC2=NC(C)N(c3cc(-c4nc(C(C)(C)O)ncc4F)ccc3C)C=C2Br)co1. The Morgan fingerprint density at radius 2 is 2.03 bits per heavy atom. The monoisotopic (exact) mass is 529 g/mol. The number of hydrogen-bond acceptors (Lipinski definition) is 8. The molecule has 0 saturated carbocycles. The van der Waals surface area contributed by atoms with E-state index >= 15 is 0 Å². The minimum atomic E-state index is -1.29. The molecule has 0 radical (unpaired) electrons. The molecular formula is C24H25BrFN5O3. The summed E-state index contributed by atoms with van der Waals surface area (Å²) in [7, 11) is 0. The van der Waals surface area contributed by atoms with Crippen molar-refractivity contribution in [3.8, 4) is 11.3 Å². The lowest BCUT2D eigenvalue weighted by atomic mass is 10.0. The van der Waals surface area contributed by atoms with Gasteiger partial charge in [-0.3, -0.25) is 0 Å². The molecule has 1 atom stereocenters. The maximum Gasteiger partial charge on any atom is 0.227 e. The lowest BCUT2D eigenvalue weighted by molar-refractivity contribution is 0.0686. The molecular weight excluding hydrogens is 505 g/mol. The number of nitrogens with zero attached hydrogens (tertiary/aromatic N) is 5. The molecule has 1 unspecified atom stereocenters. The van der Waals surface area contributed by atoms with Gasteiger partial charge < -0.3 is 19.2 Å². The molecule has 0 amide bonds. The van der Waals surface area contributed by atoms with E-state index < -0.39 is 11.4 Å². The van der Waals surface area contributed by atoms with Gasteiger partial charge >= 0.3 is 0 Å². The van der Waals surface area contributed by atoms with Gasteiger partial charge in [0.05, 0.1) is 10.7 Å². The molecule has 1 aliphatic rings. The molecule has 1 N–H and O–H groups in total. The number of aryl methyl sites for hydroxylation is 2. The molecule has 4 rings (SSSR count). The van der Waals surface area contributed by atoms with Gasteiger partial charge in [0.15, 0.2) is 17.5 Å². The van der Waals surface area contributed by atoms with Crippen LogP contribution in [0.25, 0.3) is 11.3 Å². The van der Waals surface area contributed by atoms with Crippen molar-refractivity contribution in [2.45, 2.75) is 53.0 Å². The fraction of sp³-hybridized carbons (Fsp3) is 0.333. The number of aromatic nitrogens is 3. The minimum absolute atomic E-state index is 0.122. The number of hydrogen-bond donors (Lipinski definition) is 1. The molecule has 1 aliphatic heterocycles. The first-order chi connectivity index (χ1) is 16.0. The fourth-order valence-electron chi connectivity index (χ4n) is 3.47. The first-order valence-corrected chi connectivity index (χ1v) is 11.5. The predicted molar refractivity (Wildman–Crippen MR) is 130 cm³/mol. The minimum Gasteiger partial charge on any atom is -0.470 e. The standard InChI is InChI=1S/C24H25BrFN5O3/c1-13-6-7-16(21-19(26)9-27-23(30-21)24(4,5)32)8-20(13)31-10-18(25)22(28-14(31)2)34-12-17-11-33-15(3)29-17/h6-11,14,32H,12H2,1-5H3.